The smallest absolute Gasteiger partial charge is 0.109 e. The Morgan fingerprint density at radius 2 is 1.73 bits per heavy atom. The first-order valence-corrected chi connectivity index (χ1v) is 4.71. The van der Waals surface area contributed by atoms with Gasteiger partial charge in [0.25, 0.3) is 0 Å². The lowest BCUT2D eigenvalue weighted by Gasteiger charge is -2.44. The summed E-state index contributed by atoms with van der Waals surface area (Å²) in [6.07, 6.45) is -5.27. The van der Waals surface area contributed by atoms with E-state index in [-0.39, 0.29) is 6.54 Å². The first-order valence-electron chi connectivity index (χ1n) is 4.71. The maximum absolute atomic E-state index is 9.58. The van der Waals surface area contributed by atoms with Crippen molar-refractivity contribution in [2.75, 3.05) is 19.9 Å². The van der Waals surface area contributed by atoms with Crippen molar-refractivity contribution in [1.82, 2.24) is 4.90 Å². The number of hydrogen-bond acceptors (Lipinski definition) is 7. The summed E-state index contributed by atoms with van der Waals surface area (Å²) in [6.45, 7) is -1.15. The second-order valence-electron chi connectivity index (χ2n) is 3.70. The molecule has 5 atom stereocenters. The SMILES string of the molecule is OC[C@@H](O)C1[C@@H](O)[C@H](O)[C@@H](O)CN1CO. The van der Waals surface area contributed by atoms with Crippen LogP contribution in [0.5, 0.6) is 0 Å². The molecule has 1 unspecified atom stereocenters. The molecule has 90 valence electrons. The summed E-state index contributed by atoms with van der Waals surface area (Å²) >= 11 is 0. The van der Waals surface area contributed by atoms with E-state index in [9.17, 15) is 20.4 Å². The second-order valence-corrected chi connectivity index (χ2v) is 3.70. The first kappa shape index (κ1) is 12.8. The normalized spacial score (nSPS) is 40.4. The van der Waals surface area contributed by atoms with Gasteiger partial charge in [-0.3, -0.25) is 4.90 Å². The lowest BCUT2D eigenvalue weighted by Crippen LogP contribution is -2.65. The number of hydrogen-bond donors (Lipinski definition) is 6. The standard InChI is InChI=1S/C8H17NO6/c10-2-5(13)6-8(15)7(14)4(12)1-9(6)3-11/h4-8,10-15H,1-3H2/t4-,5+,6?,7+,8+/m0/s1. The van der Waals surface area contributed by atoms with Gasteiger partial charge in [-0.25, -0.2) is 0 Å². The molecule has 15 heavy (non-hydrogen) atoms. The molecule has 1 saturated heterocycles. The van der Waals surface area contributed by atoms with Gasteiger partial charge in [0.1, 0.15) is 12.2 Å². The van der Waals surface area contributed by atoms with Gasteiger partial charge in [-0.05, 0) is 0 Å². The third kappa shape index (κ3) is 2.45. The molecule has 6 N–H and O–H groups in total. The van der Waals surface area contributed by atoms with Crippen LogP contribution in [-0.4, -0.2) is 85.9 Å². The number of β-amino-alcohol motifs (C(OH)–C–C–N with tert-alkyl or cyclic N) is 1. The number of rotatable bonds is 3. The average Bonchev–Trinajstić information content (AvgIpc) is 2.24. The Morgan fingerprint density at radius 3 is 2.20 bits per heavy atom. The molecule has 0 aromatic carbocycles. The van der Waals surface area contributed by atoms with Gasteiger partial charge in [0.05, 0.1) is 31.6 Å². The highest BCUT2D eigenvalue weighted by atomic mass is 16.4. The van der Waals surface area contributed by atoms with Gasteiger partial charge < -0.3 is 30.6 Å². The molecule has 1 aliphatic heterocycles. The predicted octanol–water partition coefficient (Wildman–Crippen LogP) is -3.94. The fraction of sp³-hybridized carbons (Fsp3) is 1.00. The van der Waals surface area contributed by atoms with Crippen molar-refractivity contribution in [2.45, 2.75) is 30.5 Å². The van der Waals surface area contributed by atoms with Crippen LogP contribution in [-0.2, 0) is 0 Å². The Hall–Kier alpha value is -0.280. The molecule has 0 bridgehead atoms. The lowest BCUT2D eigenvalue weighted by atomic mass is 9.91. The van der Waals surface area contributed by atoms with Crippen LogP contribution in [0.15, 0.2) is 0 Å². The summed E-state index contributed by atoms with van der Waals surface area (Å²) in [5.41, 5.74) is 0. The Balaban J connectivity index is 2.79. The van der Waals surface area contributed by atoms with Gasteiger partial charge in [-0.15, -0.1) is 0 Å². The van der Waals surface area contributed by atoms with E-state index in [1.807, 2.05) is 0 Å². The summed E-state index contributed by atoms with van der Waals surface area (Å²) in [4.78, 5) is 1.20. The minimum absolute atomic E-state index is 0.0730. The molecular weight excluding hydrogens is 206 g/mol. The third-order valence-electron chi connectivity index (χ3n) is 2.70. The van der Waals surface area contributed by atoms with E-state index in [1.54, 1.807) is 0 Å². The maximum atomic E-state index is 9.58. The maximum Gasteiger partial charge on any atom is 0.109 e. The van der Waals surface area contributed by atoms with Crippen LogP contribution in [0.3, 0.4) is 0 Å². The Labute approximate surface area is 86.8 Å². The molecule has 7 nitrogen and oxygen atoms in total. The van der Waals surface area contributed by atoms with E-state index in [2.05, 4.69) is 0 Å². The summed E-state index contributed by atoms with van der Waals surface area (Å²) in [7, 11) is 0. The summed E-state index contributed by atoms with van der Waals surface area (Å²) in [5, 5.41) is 55.4. The minimum Gasteiger partial charge on any atom is -0.394 e. The summed E-state index contributed by atoms with van der Waals surface area (Å²) < 4.78 is 0. The molecule has 1 heterocycles. The third-order valence-corrected chi connectivity index (χ3v) is 2.70. The lowest BCUT2D eigenvalue weighted by molar-refractivity contribution is -0.176. The zero-order valence-corrected chi connectivity index (χ0v) is 8.14. The van der Waals surface area contributed by atoms with Crippen LogP contribution in [0.2, 0.25) is 0 Å². The van der Waals surface area contributed by atoms with Crippen molar-refractivity contribution >= 4 is 0 Å². The highest BCUT2D eigenvalue weighted by Gasteiger charge is 2.44. The molecule has 7 heteroatoms. The first-order chi connectivity index (χ1) is 7.02. The minimum atomic E-state index is -1.41. The van der Waals surface area contributed by atoms with E-state index < -0.39 is 43.8 Å². The van der Waals surface area contributed by atoms with Gasteiger partial charge >= 0.3 is 0 Å². The van der Waals surface area contributed by atoms with Crippen LogP contribution in [0, 0.1) is 0 Å². The molecule has 0 amide bonds. The van der Waals surface area contributed by atoms with E-state index in [4.69, 9.17) is 10.2 Å². The topological polar surface area (TPSA) is 125 Å². The zero-order chi connectivity index (χ0) is 11.6. The highest BCUT2D eigenvalue weighted by Crippen LogP contribution is 2.20. The highest BCUT2D eigenvalue weighted by molar-refractivity contribution is 4.96. The summed E-state index contributed by atoms with van der Waals surface area (Å²) in [6, 6.07) is -0.988. The van der Waals surface area contributed by atoms with Crippen LogP contribution >= 0.6 is 0 Å². The van der Waals surface area contributed by atoms with Gasteiger partial charge in [0, 0.05) is 6.54 Å². The number of likely N-dealkylation sites (tertiary alicyclic amines) is 1. The fourth-order valence-corrected chi connectivity index (χ4v) is 1.85. The van der Waals surface area contributed by atoms with E-state index in [0.29, 0.717) is 0 Å². The molecule has 1 aliphatic rings. The van der Waals surface area contributed by atoms with Crippen molar-refractivity contribution in [2.24, 2.45) is 0 Å². The van der Waals surface area contributed by atoms with Crippen molar-refractivity contribution in [3.05, 3.63) is 0 Å². The Kier molecular flexibility index (Phi) is 4.41. The van der Waals surface area contributed by atoms with Crippen LogP contribution < -0.4 is 0 Å². The molecule has 0 aromatic heterocycles. The van der Waals surface area contributed by atoms with Crippen molar-refractivity contribution in [1.29, 1.82) is 0 Å². The van der Waals surface area contributed by atoms with Crippen LogP contribution in [0.4, 0.5) is 0 Å². The monoisotopic (exact) mass is 223 g/mol. The predicted molar refractivity (Wildman–Crippen MR) is 48.7 cm³/mol. The molecular formula is C8H17NO6. The fourth-order valence-electron chi connectivity index (χ4n) is 1.85. The number of nitrogens with zero attached hydrogens (tertiary/aromatic N) is 1. The van der Waals surface area contributed by atoms with Crippen molar-refractivity contribution < 1.29 is 30.6 Å². The molecule has 1 rings (SSSR count). The van der Waals surface area contributed by atoms with Crippen molar-refractivity contribution in [3.63, 3.8) is 0 Å². The molecule has 0 saturated carbocycles. The Bertz CT molecular complexity index is 202. The largest absolute Gasteiger partial charge is 0.394 e. The number of piperidine rings is 1. The molecule has 1 fully saturated rings. The Morgan fingerprint density at radius 1 is 1.13 bits per heavy atom. The van der Waals surface area contributed by atoms with E-state index in [0.717, 1.165) is 0 Å². The van der Waals surface area contributed by atoms with Crippen LogP contribution in [0.1, 0.15) is 0 Å². The van der Waals surface area contributed by atoms with Gasteiger partial charge in [-0.1, -0.05) is 0 Å². The average molecular weight is 223 g/mol. The van der Waals surface area contributed by atoms with Crippen molar-refractivity contribution in [3.8, 4) is 0 Å². The molecule has 0 radical (unpaired) electrons. The van der Waals surface area contributed by atoms with Gasteiger partial charge in [0.2, 0.25) is 0 Å². The van der Waals surface area contributed by atoms with E-state index in [1.165, 1.54) is 4.90 Å². The quantitative estimate of drug-likeness (QED) is 0.288. The summed E-state index contributed by atoms with van der Waals surface area (Å²) in [5.74, 6) is 0. The number of aliphatic hydroxyl groups is 6. The van der Waals surface area contributed by atoms with Gasteiger partial charge in [-0.2, -0.15) is 0 Å². The molecule has 0 aliphatic carbocycles. The molecule has 0 spiro atoms. The number of aliphatic hydroxyl groups excluding tert-OH is 6. The second kappa shape index (κ2) is 5.17. The van der Waals surface area contributed by atoms with E-state index >= 15 is 0 Å². The van der Waals surface area contributed by atoms with Gasteiger partial charge in [0.15, 0.2) is 0 Å². The van der Waals surface area contributed by atoms with Crippen LogP contribution in [0.25, 0.3) is 0 Å². The zero-order valence-electron chi connectivity index (χ0n) is 8.14. The molecule has 0 aromatic rings.